The Morgan fingerprint density at radius 2 is 2.17 bits per heavy atom. The molecule has 1 aliphatic carbocycles. The number of nitrogens with zero attached hydrogens (tertiary/aromatic N) is 1. The van der Waals surface area contributed by atoms with Crippen molar-refractivity contribution in [2.75, 3.05) is 20.2 Å². The minimum absolute atomic E-state index is 0.00455. The summed E-state index contributed by atoms with van der Waals surface area (Å²) in [6.45, 7) is 7.37. The maximum Gasteiger partial charge on any atom is 0.245 e. The normalized spacial score (nSPS) is 23.0. The number of fused-ring (bicyclic) bond motifs is 4. The van der Waals surface area contributed by atoms with Crippen molar-refractivity contribution in [3.05, 3.63) is 77.5 Å². The second kappa shape index (κ2) is 7.05. The van der Waals surface area contributed by atoms with Gasteiger partial charge in [0.2, 0.25) is 5.91 Å². The summed E-state index contributed by atoms with van der Waals surface area (Å²) in [6.07, 6.45) is 4.32. The fourth-order valence-electron chi connectivity index (χ4n) is 5.67. The monoisotopic (exact) mass is 400 g/mol. The standard InChI is InChI=1S/C26H28N2O2/c1-4-25(29)28-11-10-26(18-6-5-7-20(13-18)30-3)15-24-22(14-19(26)16-28)21-12-17(2)8-9-23(21)27-24/h4-9,12-13,19,27H,1,10-11,14-16H2,2-3H3. The van der Waals surface area contributed by atoms with E-state index in [2.05, 4.69) is 54.9 Å². The zero-order valence-electron chi connectivity index (χ0n) is 17.7. The summed E-state index contributed by atoms with van der Waals surface area (Å²) in [4.78, 5) is 18.1. The number of carbonyl (C=O) groups is 1. The van der Waals surface area contributed by atoms with Crippen molar-refractivity contribution in [1.82, 2.24) is 9.88 Å². The molecule has 1 saturated heterocycles. The van der Waals surface area contributed by atoms with Crippen molar-refractivity contribution in [1.29, 1.82) is 0 Å². The fraction of sp³-hybridized carbons (Fsp3) is 0.346. The van der Waals surface area contributed by atoms with E-state index in [1.807, 2.05) is 11.0 Å². The fourth-order valence-corrected chi connectivity index (χ4v) is 5.67. The number of aromatic nitrogens is 1. The molecule has 1 aromatic heterocycles. The van der Waals surface area contributed by atoms with Gasteiger partial charge in [-0.2, -0.15) is 0 Å². The third kappa shape index (κ3) is 2.85. The molecular formula is C26H28N2O2. The maximum absolute atomic E-state index is 12.4. The summed E-state index contributed by atoms with van der Waals surface area (Å²) in [7, 11) is 1.72. The SMILES string of the molecule is C=CC(=O)N1CCC2(c3cccc(OC)c3)Cc3[nH]c4ccc(C)cc4c3CC2C1. The third-order valence-corrected chi connectivity index (χ3v) is 7.27. The Bertz CT molecular complexity index is 1150. The van der Waals surface area contributed by atoms with Gasteiger partial charge in [0.25, 0.3) is 0 Å². The molecule has 154 valence electrons. The second-order valence-electron chi connectivity index (χ2n) is 8.84. The molecule has 0 radical (unpaired) electrons. The van der Waals surface area contributed by atoms with Crippen LogP contribution in [0.5, 0.6) is 5.75 Å². The molecule has 2 aromatic carbocycles. The van der Waals surface area contributed by atoms with Crippen LogP contribution in [0.4, 0.5) is 0 Å². The molecule has 1 N–H and O–H groups in total. The van der Waals surface area contributed by atoms with Crippen molar-refractivity contribution in [2.24, 2.45) is 5.92 Å². The smallest absolute Gasteiger partial charge is 0.245 e. The van der Waals surface area contributed by atoms with Crippen molar-refractivity contribution < 1.29 is 9.53 Å². The molecule has 3 aromatic rings. The molecule has 2 atom stereocenters. The summed E-state index contributed by atoms with van der Waals surface area (Å²) in [5.41, 5.74) is 6.57. The number of carbonyl (C=O) groups excluding carboxylic acids is 1. The van der Waals surface area contributed by atoms with Gasteiger partial charge in [-0.25, -0.2) is 0 Å². The number of ether oxygens (including phenoxy) is 1. The topological polar surface area (TPSA) is 45.3 Å². The number of hydrogen-bond acceptors (Lipinski definition) is 2. The van der Waals surface area contributed by atoms with Gasteiger partial charge in [-0.15, -0.1) is 0 Å². The molecule has 0 saturated carbocycles. The highest BCUT2D eigenvalue weighted by atomic mass is 16.5. The van der Waals surface area contributed by atoms with Crippen LogP contribution in [-0.2, 0) is 23.1 Å². The van der Waals surface area contributed by atoms with Gasteiger partial charge in [-0.1, -0.05) is 30.3 Å². The first kappa shape index (κ1) is 19.0. The predicted molar refractivity (Wildman–Crippen MR) is 120 cm³/mol. The Morgan fingerprint density at radius 1 is 1.30 bits per heavy atom. The predicted octanol–water partition coefficient (Wildman–Crippen LogP) is 4.56. The second-order valence-corrected chi connectivity index (χ2v) is 8.84. The zero-order chi connectivity index (χ0) is 20.9. The summed E-state index contributed by atoms with van der Waals surface area (Å²) in [5.74, 6) is 1.28. The molecule has 4 nitrogen and oxygen atoms in total. The van der Waals surface area contributed by atoms with Crippen LogP contribution in [0.15, 0.2) is 55.1 Å². The molecule has 4 heteroatoms. The number of amides is 1. The molecule has 1 aliphatic heterocycles. The lowest BCUT2D eigenvalue weighted by Gasteiger charge is -2.51. The van der Waals surface area contributed by atoms with Crippen LogP contribution in [-0.4, -0.2) is 36.0 Å². The van der Waals surface area contributed by atoms with Crippen molar-refractivity contribution >= 4 is 16.8 Å². The van der Waals surface area contributed by atoms with E-state index < -0.39 is 0 Å². The molecule has 1 amide bonds. The molecule has 2 heterocycles. The first-order valence-electron chi connectivity index (χ1n) is 10.7. The summed E-state index contributed by atoms with van der Waals surface area (Å²) in [5, 5.41) is 1.33. The molecule has 2 unspecified atom stereocenters. The van der Waals surface area contributed by atoms with E-state index in [1.165, 1.54) is 39.4 Å². The quantitative estimate of drug-likeness (QED) is 0.655. The van der Waals surface area contributed by atoms with Crippen molar-refractivity contribution in [3.8, 4) is 5.75 Å². The molecule has 0 spiro atoms. The highest BCUT2D eigenvalue weighted by molar-refractivity contribution is 5.87. The number of aryl methyl sites for hydroxylation is 1. The molecule has 30 heavy (non-hydrogen) atoms. The number of piperidine rings is 1. The van der Waals surface area contributed by atoms with Gasteiger partial charge in [0, 0.05) is 35.1 Å². The largest absolute Gasteiger partial charge is 0.497 e. The third-order valence-electron chi connectivity index (χ3n) is 7.27. The van der Waals surface area contributed by atoms with Gasteiger partial charge < -0.3 is 14.6 Å². The minimum atomic E-state index is -0.00455. The number of aromatic amines is 1. The van der Waals surface area contributed by atoms with Crippen LogP contribution >= 0.6 is 0 Å². The number of benzene rings is 2. The average Bonchev–Trinajstić information content (AvgIpc) is 3.12. The molecule has 2 aliphatic rings. The summed E-state index contributed by atoms with van der Waals surface area (Å²) < 4.78 is 5.54. The number of nitrogens with one attached hydrogen (secondary N) is 1. The lowest BCUT2D eigenvalue weighted by atomic mass is 9.58. The number of likely N-dealkylation sites (tertiary alicyclic amines) is 1. The van der Waals surface area contributed by atoms with Gasteiger partial charge in [0.1, 0.15) is 5.75 Å². The van der Waals surface area contributed by atoms with Crippen LogP contribution in [0, 0.1) is 12.8 Å². The van der Waals surface area contributed by atoms with E-state index in [1.54, 1.807) is 7.11 Å². The number of methoxy groups -OCH3 is 1. The molecule has 0 bridgehead atoms. The highest BCUT2D eigenvalue weighted by Crippen LogP contribution is 2.49. The number of rotatable bonds is 3. The lowest BCUT2D eigenvalue weighted by Crippen LogP contribution is -2.54. The van der Waals surface area contributed by atoms with Crippen LogP contribution in [0.25, 0.3) is 10.9 Å². The Labute approximate surface area is 177 Å². The van der Waals surface area contributed by atoms with Crippen LogP contribution in [0.2, 0.25) is 0 Å². The van der Waals surface area contributed by atoms with Crippen molar-refractivity contribution in [3.63, 3.8) is 0 Å². The first-order valence-corrected chi connectivity index (χ1v) is 10.7. The van der Waals surface area contributed by atoms with E-state index in [4.69, 9.17) is 4.74 Å². The lowest BCUT2D eigenvalue weighted by molar-refractivity contribution is -0.129. The summed E-state index contributed by atoms with van der Waals surface area (Å²) in [6, 6.07) is 15.2. The maximum atomic E-state index is 12.4. The average molecular weight is 401 g/mol. The van der Waals surface area contributed by atoms with E-state index in [-0.39, 0.29) is 11.3 Å². The summed E-state index contributed by atoms with van der Waals surface area (Å²) >= 11 is 0. The van der Waals surface area contributed by atoms with Gasteiger partial charge in [-0.05, 0) is 73.6 Å². The van der Waals surface area contributed by atoms with Crippen molar-refractivity contribution in [2.45, 2.75) is 31.6 Å². The van der Waals surface area contributed by atoms with Gasteiger partial charge in [0.05, 0.1) is 7.11 Å². The number of hydrogen-bond donors (Lipinski definition) is 1. The van der Waals surface area contributed by atoms with E-state index in [9.17, 15) is 4.79 Å². The zero-order valence-corrected chi connectivity index (χ0v) is 17.7. The number of H-pyrrole nitrogens is 1. The first-order chi connectivity index (χ1) is 14.5. The van der Waals surface area contributed by atoms with E-state index >= 15 is 0 Å². The Morgan fingerprint density at radius 3 is 2.97 bits per heavy atom. The molecular weight excluding hydrogens is 372 g/mol. The molecule has 1 fully saturated rings. The Hall–Kier alpha value is -3.01. The Balaban J connectivity index is 1.64. The van der Waals surface area contributed by atoms with E-state index in [0.29, 0.717) is 5.92 Å². The van der Waals surface area contributed by atoms with E-state index in [0.717, 1.165) is 38.1 Å². The van der Waals surface area contributed by atoms with Crippen LogP contribution < -0.4 is 4.74 Å². The van der Waals surface area contributed by atoms with Gasteiger partial charge in [0.15, 0.2) is 0 Å². The Kier molecular flexibility index (Phi) is 4.46. The van der Waals surface area contributed by atoms with Gasteiger partial charge in [-0.3, -0.25) is 4.79 Å². The van der Waals surface area contributed by atoms with Gasteiger partial charge >= 0.3 is 0 Å². The molecule has 5 rings (SSSR count). The highest BCUT2D eigenvalue weighted by Gasteiger charge is 2.48. The van der Waals surface area contributed by atoms with Crippen LogP contribution in [0.1, 0.15) is 28.8 Å². The van der Waals surface area contributed by atoms with Crippen LogP contribution in [0.3, 0.4) is 0 Å². The minimum Gasteiger partial charge on any atom is -0.497 e.